The molecule has 4 rings (SSSR count). The van der Waals surface area contributed by atoms with Gasteiger partial charge in [0, 0.05) is 34.6 Å². The van der Waals surface area contributed by atoms with Gasteiger partial charge in [-0.25, -0.2) is 4.98 Å². The molecule has 4 aromatic rings. The molecule has 0 aliphatic heterocycles. The number of anilines is 1. The molecular formula is C23H24N4O2S2. The van der Waals surface area contributed by atoms with E-state index in [-0.39, 0.29) is 5.91 Å². The maximum absolute atomic E-state index is 13.5. The van der Waals surface area contributed by atoms with E-state index in [4.69, 9.17) is 9.72 Å². The Kier molecular flexibility index (Phi) is 6.58. The predicted molar refractivity (Wildman–Crippen MR) is 128 cm³/mol. The van der Waals surface area contributed by atoms with Crippen LogP contribution in [-0.2, 0) is 6.54 Å². The van der Waals surface area contributed by atoms with E-state index in [1.54, 1.807) is 30.0 Å². The highest BCUT2D eigenvalue weighted by Gasteiger charge is 2.22. The molecule has 0 aliphatic rings. The van der Waals surface area contributed by atoms with Crippen molar-refractivity contribution in [2.75, 3.05) is 18.6 Å². The van der Waals surface area contributed by atoms with E-state index in [0.29, 0.717) is 29.0 Å². The third-order valence-electron chi connectivity index (χ3n) is 4.65. The number of hydrogen-bond acceptors (Lipinski definition) is 6. The maximum Gasteiger partial charge on any atom is 0.260 e. The second-order valence-electron chi connectivity index (χ2n) is 7.25. The lowest BCUT2D eigenvalue weighted by Gasteiger charge is -2.20. The Morgan fingerprint density at radius 1 is 1.23 bits per heavy atom. The number of nitrogens with zero attached hydrogens (tertiary/aromatic N) is 4. The van der Waals surface area contributed by atoms with Gasteiger partial charge in [0.2, 0.25) is 0 Å². The van der Waals surface area contributed by atoms with Gasteiger partial charge in [0.25, 0.3) is 5.91 Å². The molecule has 0 saturated carbocycles. The van der Waals surface area contributed by atoms with Crippen LogP contribution in [0.5, 0.6) is 5.75 Å². The van der Waals surface area contributed by atoms with Crippen molar-refractivity contribution in [3.63, 3.8) is 0 Å². The molecule has 6 nitrogen and oxygen atoms in total. The first-order valence-corrected chi connectivity index (χ1v) is 11.7. The number of ether oxygens (including phenoxy) is 1. The molecular weight excluding hydrogens is 428 g/mol. The fraction of sp³-hybridized carbons (Fsp3) is 0.261. The van der Waals surface area contributed by atoms with Crippen LogP contribution in [-0.4, -0.2) is 39.6 Å². The molecule has 8 heteroatoms. The van der Waals surface area contributed by atoms with Crippen LogP contribution in [0.2, 0.25) is 0 Å². The second kappa shape index (κ2) is 9.53. The summed E-state index contributed by atoms with van der Waals surface area (Å²) < 4.78 is 8.13. The number of aromatic nitrogens is 3. The first-order chi connectivity index (χ1) is 15.0. The summed E-state index contributed by atoms with van der Waals surface area (Å²) in [4.78, 5) is 21.1. The highest BCUT2D eigenvalue weighted by Crippen LogP contribution is 2.32. The van der Waals surface area contributed by atoms with E-state index >= 15 is 0 Å². The number of thioether (sulfide) groups is 1. The number of fused-ring (bicyclic) bond motifs is 1. The molecule has 0 unspecified atom stereocenters. The Morgan fingerprint density at radius 2 is 2.03 bits per heavy atom. The van der Waals surface area contributed by atoms with Crippen molar-refractivity contribution in [1.29, 1.82) is 0 Å². The van der Waals surface area contributed by atoms with Gasteiger partial charge in [0.1, 0.15) is 5.75 Å². The molecule has 0 radical (unpaired) electrons. The predicted octanol–water partition coefficient (Wildman–Crippen LogP) is 5.35. The minimum atomic E-state index is -0.0701. The quantitative estimate of drug-likeness (QED) is 0.337. The molecule has 0 atom stereocenters. The van der Waals surface area contributed by atoms with Gasteiger partial charge in [-0.15, -0.1) is 11.8 Å². The Bertz CT molecular complexity index is 1150. The minimum absolute atomic E-state index is 0.0701. The van der Waals surface area contributed by atoms with Crippen molar-refractivity contribution in [2.24, 2.45) is 0 Å². The Labute approximate surface area is 189 Å². The van der Waals surface area contributed by atoms with Crippen molar-refractivity contribution in [3.05, 3.63) is 66.5 Å². The fourth-order valence-corrected chi connectivity index (χ4v) is 5.01. The van der Waals surface area contributed by atoms with Gasteiger partial charge in [0.05, 0.1) is 23.9 Å². The van der Waals surface area contributed by atoms with Crippen LogP contribution in [0.1, 0.15) is 24.2 Å². The van der Waals surface area contributed by atoms with Crippen LogP contribution >= 0.6 is 23.1 Å². The third-order valence-corrected chi connectivity index (χ3v) is 6.70. The highest BCUT2D eigenvalue weighted by atomic mass is 32.2. The molecule has 1 amide bonds. The zero-order chi connectivity index (χ0) is 21.8. The summed E-state index contributed by atoms with van der Waals surface area (Å²) in [6.45, 7) is 5.37. The lowest BCUT2D eigenvalue weighted by Crippen LogP contribution is -2.34. The molecule has 0 aliphatic carbocycles. The normalized spacial score (nSPS) is 11.2. The number of amides is 1. The lowest BCUT2D eigenvalue weighted by molar-refractivity contribution is 0.0985. The van der Waals surface area contributed by atoms with Gasteiger partial charge in [-0.3, -0.25) is 14.4 Å². The van der Waals surface area contributed by atoms with Crippen molar-refractivity contribution < 1.29 is 9.53 Å². The van der Waals surface area contributed by atoms with E-state index in [0.717, 1.165) is 20.9 Å². The molecule has 0 bridgehead atoms. The zero-order valence-corrected chi connectivity index (χ0v) is 19.3. The zero-order valence-electron chi connectivity index (χ0n) is 17.7. The summed E-state index contributed by atoms with van der Waals surface area (Å²) in [7, 11) is 1.64. The summed E-state index contributed by atoms with van der Waals surface area (Å²) in [6, 6.07) is 15.4. The molecule has 2 heterocycles. The first-order valence-electron chi connectivity index (χ1n) is 10.0. The molecule has 0 spiro atoms. The van der Waals surface area contributed by atoms with Gasteiger partial charge in [-0.2, -0.15) is 5.10 Å². The molecule has 2 aromatic carbocycles. The number of benzene rings is 2. The molecule has 0 N–H and O–H groups in total. The monoisotopic (exact) mass is 452 g/mol. The van der Waals surface area contributed by atoms with E-state index < -0.39 is 0 Å². The molecule has 0 fully saturated rings. The fourth-order valence-electron chi connectivity index (χ4n) is 3.16. The lowest BCUT2D eigenvalue weighted by atomic mass is 10.2. The summed E-state index contributed by atoms with van der Waals surface area (Å²) >= 11 is 3.27. The van der Waals surface area contributed by atoms with Gasteiger partial charge < -0.3 is 4.74 Å². The topological polar surface area (TPSA) is 60.2 Å². The number of carbonyl (C=O) groups excluding carboxylic acids is 1. The Balaban J connectivity index is 1.64. The Morgan fingerprint density at radius 3 is 2.71 bits per heavy atom. The molecule has 2 aromatic heterocycles. The van der Waals surface area contributed by atoms with Crippen molar-refractivity contribution >= 4 is 44.4 Å². The molecule has 160 valence electrons. The number of methoxy groups -OCH3 is 1. The summed E-state index contributed by atoms with van der Waals surface area (Å²) in [5.41, 5.74) is 1.49. The average molecular weight is 453 g/mol. The van der Waals surface area contributed by atoms with Gasteiger partial charge >= 0.3 is 0 Å². The Hall–Kier alpha value is -2.84. The molecule has 0 saturated heterocycles. The largest absolute Gasteiger partial charge is 0.497 e. The SMILES string of the molecule is COc1ccc2nc(N(CCn3cccn3)C(=O)c3ccc(SC(C)C)cc3)sc2c1. The average Bonchev–Trinajstić information content (AvgIpc) is 3.43. The number of hydrogen-bond donors (Lipinski definition) is 0. The van der Waals surface area contributed by atoms with Crippen LogP contribution in [0, 0.1) is 0 Å². The van der Waals surface area contributed by atoms with Crippen LogP contribution in [0.3, 0.4) is 0 Å². The first kappa shape index (κ1) is 21.4. The van der Waals surface area contributed by atoms with Crippen molar-refractivity contribution in [2.45, 2.75) is 30.5 Å². The smallest absolute Gasteiger partial charge is 0.260 e. The second-order valence-corrected chi connectivity index (χ2v) is 9.91. The van der Waals surface area contributed by atoms with Crippen LogP contribution in [0.25, 0.3) is 10.2 Å². The van der Waals surface area contributed by atoms with Crippen LogP contribution < -0.4 is 9.64 Å². The standard InChI is InChI=1S/C23H24N4O2S2/c1-16(2)30-19-8-5-17(6-9-19)22(28)27(14-13-26-12-4-11-24-26)23-25-20-10-7-18(29-3)15-21(20)31-23/h4-12,15-16H,13-14H2,1-3H3. The van der Waals surface area contributed by atoms with Crippen LogP contribution in [0.15, 0.2) is 65.8 Å². The van der Waals surface area contributed by atoms with Crippen molar-refractivity contribution in [3.8, 4) is 5.75 Å². The number of carbonyl (C=O) groups is 1. The minimum Gasteiger partial charge on any atom is -0.497 e. The number of rotatable bonds is 8. The van der Waals surface area contributed by atoms with Gasteiger partial charge in [-0.1, -0.05) is 25.2 Å². The summed E-state index contributed by atoms with van der Waals surface area (Å²) in [5, 5.41) is 5.42. The van der Waals surface area contributed by atoms with Crippen LogP contribution in [0.4, 0.5) is 5.13 Å². The van der Waals surface area contributed by atoms with E-state index in [2.05, 4.69) is 18.9 Å². The summed E-state index contributed by atoms with van der Waals surface area (Å²) in [5.74, 6) is 0.703. The van der Waals surface area contributed by atoms with E-state index in [9.17, 15) is 4.79 Å². The number of thiazole rings is 1. The highest BCUT2D eigenvalue weighted by molar-refractivity contribution is 7.99. The van der Waals surface area contributed by atoms with E-state index in [1.165, 1.54) is 11.3 Å². The van der Waals surface area contributed by atoms with E-state index in [1.807, 2.05) is 59.4 Å². The maximum atomic E-state index is 13.5. The van der Waals surface area contributed by atoms with Gasteiger partial charge in [0.15, 0.2) is 5.13 Å². The third kappa shape index (κ3) is 5.08. The van der Waals surface area contributed by atoms with Gasteiger partial charge in [-0.05, 0) is 48.5 Å². The molecule has 31 heavy (non-hydrogen) atoms. The summed E-state index contributed by atoms with van der Waals surface area (Å²) in [6.07, 6.45) is 3.63. The van der Waals surface area contributed by atoms with Crippen molar-refractivity contribution in [1.82, 2.24) is 14.8 Å².